The molecule has 57 heavy (non-hydrogen) atoms. The molecule has 0 aliphatic heterocycles. The number of benzene rings is 10. The topological polar surface area (TPSA) is 3.24 Å². The molecule has 10 aromatic carbocycles. The van der Waals surface area contributed by atoms with E-state index in [4.69, 9.17) is 0 Å². The molecule has 0 aliphatic rings. The summed E-state index contributed by atoms with van der Waals surface area (Å²) in [7, 11) is 0. The van der Waals surface area contributed by atoms with Crippen LogP contribution in [-0.2, 0) is 0 Å². The first-order valence-electron chi connectivity index (χ1n) is 19.6. The minimum absolute atomic E-state index is 1.09. The number of rotatable bonds is 8. The lowest BCUT2D eigenvalue weighted by molar-refractivity contribution is 1.28. The Morgan fingerprint density at radius 3 is 1.23 bits per heavy atom. The van der Waals surface area contributed by atoms with Crippen LogP contribution in [0.4, 0.5) is 17.1 Å². The first-order valence-corrected chi connectivity index (χ1v) is 19.6. The number of nitrogens with zero attached hydrogens (tertiary/aromatic N) is 1. The van der Waals surface area contributed by atoms with Crippen molar-refractivity contribution in [2.75, 3.05) is 4.90 Å². The fourth-order valence-corrected chi connectivity index (χ4v) is 8.22. The van der Waals surface area contributed by atoms with E-state index in [1.165, 1.54) is 77.2 Å². The summed E-state index contributed by atoms with van der Waals surface area (Å²) in [6.45, 7) is 0. The molecular formula is C56H39N. The first-order chi connectivity index (χ1) is 28.3. The summed E-state index contributed by atoms with van der Waals surface area (Å²) >= 11 is 0. The van der Waals surface area contributed by atoms with Crippen LogP contribution in [0.2, 0.25) is 0 Å². The summed E-state index contributed by atoms with van der Waals surface area (Å²) in [5.74, 6) is 0. The normalized spacial score (nSPS) is 11.2. The Morgan fingerprint density at radius 1 is 0.228 bits per heavy atom. The van der Waals surface area contributed by atoms with Crippen LogP contribution in [0.25, 0.3) is 77.2 Å². The quantitative estimate of drug-likeness (QED) is 0.151. The molecule has 0 aliphatic carbocycles. The molecular weight excluding hydrogens is 687 g/mol. The SMILES string of the molecule is c1ccc(-c2ccc(N(c3ccc(-c4cccc(-c5ccccc5)c4)cc3)c3cc(-c4cccc5ccccc45)ccc3-c3cccc4ccccc34)cc2)cc1. The van der Waals surface area contributed by atoms with E-state index >= 15 is 0 Å². The summed E-state index contributed by atoms with van der Waals surface area (Å²) in [5.41, 5.74) is 15.2. The Morgan fingerprint density at radius 2 is 0.632 bits per heavy atom. The largest absolute Gasteiger partial charge is 0.310 e. The van der Waals surface area contributed by atoms with Gasteiger partial charge in [0.25, 0.3) is 0 Å². The van der Waals surface area contributed by atoms with Gasteiger partial charge in [0.2, 0.25) is 0 Å². The minimum Gasteiger partial charge on any atom is -0.310 e. The van der Waals surface area contributed by atoms with Crippen LogP contribution in [-0.4, -0.2) is 0 Å². The molecule has 0 spiro atoms. The van der Waals surface area contributed by atoms with Crippen molar-refractivity contribution in [1.29, 1.82) is 0 Å². The van der Waals surface area contributed by atoms with Crippen molar-refractivity contribution >= 4 is 38.6 Å². The van der Waals surface area contributed by atoms with Crippen molar-refractivity contribution in [3.05, 3.63) is 237 Å². The van der Waals surface area contributed by atoms with Gasteiger partial charge in [-0.05, 0) is 108 Å². The number of hydrogen-bond acceptors (Lipinski definition) is 1. The third-order valence-electron chi connectivity index (χ3n) is 11.1. The fourth-order valence-electron chi connectivity index (χ4n) is 8.22. The molecule has 0 saturated heterocycles. The first kappa shape index (κ1) is 34.0. The molecule has 0 saturated carbocycles. The Hall–Kier alpha value is -7.48. The monoisotopic (exact) mass is 725 g/mol. The van der Waals surface area contributed by atoms with Gasteiger partial charge in [0, 0.05) is 16.9 Å². The maximum Gasteiger partial charge on any atom is 0.0546 e. The Bertz CT molecular complexity index is 2970. The zero-order valence-corrected chi connectivity index (χ0v) is 31.5. The van der Waals surface area contributed by atoms with Crippen LogP contribution in [0.15, 0.2) is 237 Å². The van der Waals surface area contributed by atoms with Crippen LogP contribution < -0.4 is 4.90 Å². The second-order valence-electron chi connectivity index (χ2n) is 14.5. The highest BCUT2D eigenvalue weighted by Gasteiger charge is 2.21. The maximum atomic E-state index is 2.44. The molecule has 0 unspecified atom stereocenters. The van der Waals surface area contributed by atoms with Crippen molar-refractivity contribution < 1.29 is 0 Å². The van der Waals surface area contributed by atoms with Gasteiger partial charge < -0.3 is 4.90 Å². The number of anilines is 3. The molecule has 1 nitrogen and oxygen atoms in total. The van der Waals surface area contributed by atoms with E-state index in [-0.39, 0.29) is 0 Å². The third-order valence-corrected chi connectivity index (χ3v) is 11.1. The molecule has 10 aromatic rings. The Kier molecular flexibility index (Phi) is 8.95. The molecule has 0 fully saturated rings. The molecule has 0 heterocycles. The van der Waals surface area contributed by atoms with E-state index in [1.54, 1.807) is 0 Å². The molecule has 10 rings (SSSR count). The average Bonchev–Trinajstić information content (AvgIpc) is 3.30. The van der Waals surface area contributed by atoms with Gasteiger partial charge in [0.15, 0.2) is 0 Å². The van der Waals surface area contributed by atoms with Gasteiger partial charge in [-0.15, -0.1) is 0 Å². The van der Waals surface area contributed by atoms with Crippen LogP contribution in [0.5, 0.6) is 0 Å². The predicted molar refractivity (Wildman–Crippen MR) is 243 cm³/mol. The predicted octanol–water partition coefficient (Wildman–Crippen LogP) is 15.8. The van der Waals surface area contributed by atoms with Crippen molar-refractivity contribution in [1.82, 2.24) is 0 Å². The van der Waals surface area contributed by atoms with Gasteiger partial charge in [0.1, 0.15) is 0 Å². The van der Waals surface area contributed by atoms with Crippen molar-refractivity contribution in [3.63, 3.8) is 0 Å². The standard InChI is InChI=1S/C56H39N/c1-3-14-40(15-4-1)42-28-33-49(34-29-42)57(50-35-30-43(31-36-50)47-23-11-22-46(38-47)41-16-5-2-6-17-41)56-39-48(53-26-12-20-44-18-7-9-24-51(44)53)32-37-55(56)54-27-13-21-45-19-8-10-25-52(45)54/h1-39H. The maximum absolute atomic E-state index is 2.44. The highest BCUT2D eigenvalue weighted by atomic mass is 15.1. The molecule has 0 atom stereocenters. The number of hydrogen-bond donors (Lipinski definition) is 0. The third kappa shape index (κ3) is 6.66. The molecule has 1 heteroatoms. The molecule has 0 amide bonds. The van der Waals surface area contributed by atoms with E-state index in [9.17, 15) is 0 Å². The number of fused-ring (bicyclic) bond motifs is 2. The zero-order valence-electron chi connectivity index (χ0n) is 31.5. The summed E-state index contributed by atoms with van der Waals surface area (Å²) in [5, 5.41) is 4.92. The van der Waals surface area contributed by atoms with Crippen LogP contribution in [0.1, 0.15) is 0 Å². The van der Waals surface area contributed by atoms with Gasteiger partial charge in [-0.25, -0.2) is 0 Å². The second-order valence-corrected chi connectivity index (χ2v) is 14.5. The zero-order chi connectivity index (χ0) is 38.0. The summed E-state index contributed by atoms with van der Waals surface area (Å²) in [4.78, 5) is 2.44. The lowest BCUT2D eigenvalue weighted by atomic mass is 9.92. The summed E-state index contributed by atoms with van der Waals surface area (Å²) < 4.78 is 0. The van der Waals surface area contributed by atoms with E-state index in [2.05, 4.69) is 241 Å². The van der Waals surface area contributed by atoms with Gasteiger partial charge in [-0.1, -0.05) is 200 Å². The fraction of sp³-hybridized carbons (Fsp3) is 0. The van der Waals surface area contributed by atoms with Gasteiger partial charge in [0.05, 0.1) is 5.69 Å². The molecule has 0 radical (unpaired) electrons. The molecule has 268 valence electrons. The lowest BCUT2D eigenvalue weighted by Crippen LogP contribution is -2.11. The van der Waals surface area contributed by atoms with Crippen molar-refractivity contribution in [3.8, 4) is 55.6 Å². The summed E-state index contributed by atoms with van der Waals surface area (Å²) in [6, 6.07) is 85.7. The second kappa shape index (κ2) is 15.0. The highest BCUT2D eigenvalue weighted by Crippen LogP contribution is 2.46. The Balaban J connectivity index is 1.18. The molecule has 0 bridgehead atoms. The van der Waals surface area contributed by atoms with Gasteiger partial charge >= 0.3 is 0 Å². The van der Waals surface area contributed by atoms with Crippen LogP contribution in [0.3, 0.4) is 0 Å². The molecule has 0 aromatic heterocycles. The smallest absolute Gasteiger partial charge is 0.0546 e. The average molecular weight is 726 g/mol. The highest BCUT2D eigenvalue weighted by molar-refractivity contribution is 6.04. The van der Waals surface area contributed by atoms with E-state index in [1.807, 2.05) is 0 Å². The van der Waals surface area contributed by atoms with Crippen molar-refractivity contribution in [2.45, 2.75) is 0 Å². The Labute approximate surface area is 334 Å². The van der Waals surface area contributed by atoms with Crippen LogP contribution >= 0.6 is 0 Å². The minimum atomic E-state index is 1.09. The lowest BCUT2D eigenvalue weighted by Gasteiger charge is -2.29. The summed E-state index contributed by atoms with van der Waals surface area (Å²) in [6.07, 6.45) is 0. The van der Waals surface area contributed by atoms with E-state index in [0.29, 0.717) is 0 Å². The van der Waals surface area contributed by atoms with Gasteiger partial charge in [-0.3, -0.25) is 0 Å². The van der Waals surface area contributed by atoms with E-state index < -0.39 is 0 Å². The van der Waals surface area contributed by atoms with Crippen molar-refractivity contribution in [2.24, 2.45) is 0 Å². The van der Waals surface area contributed by atoms with Crippen LogP contribution in [0, 0.1) is 0 Å². The van der Waals surface area contributed by atoms with E-state index in [0.717, 1.165) is 17.1 Å². The molecule has 0 N–H and O–H groups in total. The van der Waals surface area contributed by atoms with Gasteiger partial charge in [-0.2, -0.15) is 0 Å².